The molecule has 0 spiro atoms. The summed E-state index contributed by atoms with van der Waals surface area (Å²) in [4.78, 5) is 28.6. The summed E-state index contributed by atoms with van der Waals surface area (Å²) < 4.78 is 29.7. The van der Waals surface area contributed by atoms with Gasteiger partial charge in [0.2, 0.25) is 5.91 Å². The molecule has 3 fully saturated rings. The van der Waals surface area contributed by atoms with Gasteiger partial charge in [-0.05, 0) is 51.4 Å². The zero-order chi connectivity index (χ0) is 27.9. The number of nitrogens with zero attached hydrogens (tertiary/aromatic N) is 1. The molecule has 9 nitrogen and oxygen atoms in total. The number of rotatable bonds is 15. The smallest absolute Gasteiger partial charge is 0.330 e. The van der Waals surface area contributed by atoms with E-state index in [4.69, 9.17) is 13.8 Å². The van der Waals surface area contributed by atoms with Gasteiger partial charge >= 0.3 is 13.6 Å². The fourth-order valence-corrected chi connectivity index (χ4v) is 8.12. The highest BCUT2D eigenvalue weighted by atomic mass is 31.2. The lowest BCUT2D eigenvalue weighted by atomic mass is 9.84. The summed E-state index contributed by atoms with van der Waals surface area (Å²) in [6, 6.07) is -0.903. The lowest BCUT2D eigenvalue weighted by Crippen LogP contribution is -2.55. The number of nitrogens with one attached hydrogen (secondary N) is 2. The van der Waals surface area contributed by atoms with Crippen molar-refractivity contribution in [3.8, 4) is 0 Å². The van der Waals surface area contributed by atoms with Crippen LogP contribution in [0.4, 0.5) is 4.79 Å². The molecule has 2 aliphatic carbocycles. The number of hydrogen-bond acceptors (Lipinski definition) is 6. The molecular weight excluding hydrogens is 517 g/mol. The Morgan fingerprint density at radius 2 is 1.46 bits per heavy atom. The molecule has 3 rings (SSSR count). The second kappa shape index (κ2) is 17.6. The van der Waals surface area contributed by atoms with Crippen molar-refractivity contribution >= 4 is 19.5 Å². The van der Waals surface area contributed by atoms with Crippen molar-refractivity contribution in [1.82, 2.24) is 15.5 Å². The van der Waals surface area contributed by atoms with Crippen molar-refractivity contribution in [3.05, 3.63) is 0 Å². The number of carbonyl (C=O) groups is 2. The SMILES string of the molecule is CCOP(=O)(CCC(CCC1CCCCC1)NC(=O)[C@H](CC1CCCCC1)NC(=O)N1CCOCC1)OCC. The average molecular weight is 572 g/mol. The summed E-state index contributed by atoms with van der Waals surface area (Å²) in [7, 11) is -3.21. The van der Waals surface area contributed by atoms with Crippen LogP contribution in [-0.4, -0.2) is 74.6 Å². The van der Waals surface area contributed by atoms with Crippen LogP contribution >= 0.6 is 7.60 Å². The molecule has 2 atom stereocenters. The molecule has 2 N–H and O–H groups in total. The molecule has 0 bridgehead atoms. The summed E-state index contributed by atoms with van der Waals surface area (Å²) in [6.07, 6.45) is 15.5. The van der Waals surface area contributed by atoms with Crippen LogP contribution in [0.5, 0.6) is 0 Å². The van der Waals surface area contributed by atoms with Crippen molar-refractivity contribution in [1.29, 1.82) is 0 Å². The predicted molar refractivity (Wildman–Crippen MR) is 154 cm³/mol. The van der Waals surface area contributed by atoms with Crippen molar-refractivity contribution in [2.75, 3.05) is 45.7 Å². The number of ether oxygens (including phenoxy) is 1. The van der Waals surface area contributed by atoms with Crippen LogP contribution in [-0.2, 0) is 23.1 Å². The molecule has 1 saturated heterocycles. The fourth-order valence-electron chi connectivity index (χ4n) is 6.37. The number of carbonyl (C=O) groups excluding carboxylic acids is 2. The average Bonchev–Trinajstić information content (AvgIpc) is 2.96. The topological polar surface area (TPSA) is 106 Å². The summed E-state index contributed by atoms with van der Waals surface area (Å²) in [5, 5.41) is 6.36. The molecule has 3 aliphatic rings. The second-order valence-electron chi connectivity index (χ2n) is 11.6. The maximum absolute atomic E-state index is 13.8. The normalized spacial score (nSPS) is 21.3. The molecule has 10 heteroatoms. The molecule has 226 valence electrons. The van der Waals surface area contributed by atoms with Gasteiger partial charge in [-0.3, -0.25) is 9.36 Å². The first-order valence-electron chi connectivity index (χ1n) is 15.7. The summed E-state index contributed by atoms with van der Waals surface area (Å²) in [5.74, 6) is 0.998. The monoisotopic (exact) mass is 571 g/mol. The Hall–Kier alpha value is -1.15. The lowest BCUT2D eigenvalue weighted by molar-refractivity contribution is -0.124. The Labute approximate surface area is 236 Å². The number of hydrogen-bond donors (Lipinski definition) is 2. The summed E-state index contributed by atoms with van der Waals surface area (Å²) in [6.45, 7) is 6.42. The Kier molecular flexibility index (Phi) is 14.6. The second-order valence-corrected chi connectivity index (χ2v) is 13.8. The standard InChI is InChI=1S/C29H54N3O6P/c1-3-37-39(35,38-4-2)22-17-26(16-15-24-11-7-5-8-12-24)30-28(33)27(23-25-13-9-6-10-14-25)31-29(34)32-18-20-36-21-19-32/h24-27H,3-23H2,1-2H3,(H,30,33)(H,31,34)/t26?,27-/m0/s1. The molecule has 0 radical (unpaired) electrons. The molecule has 2 saturated carbocycles. The fraction of sp³-hybridized carbons (Fsp3) is 0.931. The van der Waals surface area contributed by atoms with Crippen LogP contribution in [0.3, 0.4) is 0 Å². The molecule has 39 heavy (non-hydrogen) atoms. The van der Waals surface area contributed by atoms with E-state index in [-0.39, 0.29) is 24.1 Å². The van der Waals surface area contributed by atoms with E-state index in [2.05, 4.69) is 10.6 Å². The van der Waals surface area contributed by atoms with Crippen LogP contribution in [0.2, 0.25) is 0 Å². The quantitative estimate of drug-likeness (QED) is 0.238. The van der Waals surface area contributed by atoms with Crippen molar-refractivity contribution in [2.24, 2.45) is 11.8 Å². The van der Waals surface area contributed by atoms with Gasteiger partial charge in [-0.2, -0.15) is 0 Å². The van der Waals surface area contributed by atoms with Crippen LogP contribution in [0.15, 0.2) is 0 Å². The third-order valence-corrected chi connectivity index (χ3v) is 10.7. The van der Waals surface area contributed by atoms with E-state index in [1.54, 1.807) is 4.90 Å². The molecule has 1 unspecified atom stereocenters. The maximum Gasteiger partial charge on any atom is 0.330 e. The van der Waals surface area contributed by atoms with Gasteiger partial charge in [0, 0.05) is 19.1 Å². The van der Waals surface area contributed by atoms with Crippen LogP contribution in [0.1, 0.15) is 104 Å². The summed E-state index contributed by atoms with van der Waals surface area (Å²) >= 11 is 0. The van der Waals surface area contributed by atoms with E-state index in [1.165, 1.54) is 51.4 Å². The Morgan fingerprint density at radius 3 is 2.05 bits per heavy atom. The largest absolute Gasteiger partial charge is 0.378 e. The highest BCUT2D eigenvalue weighted by Crippen LogP contribution is 2.49. The van der Waals surface area contributed by atoms with Crippen LogP contribution in [0, 0.1) is 11.8 Å². The van der Waals surface area contributed by atoms with E-state index in [1.807, 2.05) is 13.8 Å². The van der Waals surface area contributed by atoms with E-state index in [0.29, 0.717) is 64.2 Å². The number of morpholine rings is 1. The van der Waals surface area contributed by atoms with Gasteiger partial charge in [0.15, 0.2) is 0 Å². The van der Waals surface area contributed by atoms with Gasteiger partial charge in [0.25, 0.3) is 0 Å². The van der Waals surface area contributed by atoms with E-state index in [0.717, 1.165) is 25.7 Å². The Balaban J connectivity index is 1.67. The van der Waals surface area contributed by atoms with Crippen molar-refractivity contribution in [3.63, 3.8) is 0 Å². The Morgan fingerprint density at radius 1 is 0.872 bits per heavy atom. The third kappa shape index (κ3) is 11.7. The van der Waals surface area contributed by atoms with Gasteiger partial charge in [0.1, 0.15) is 6.04 Å². The van der Waals surface area contributed by atoms with Crippen molar-refractivity contribution < 1.29 is 27.9 Å². The molecule has 0 aromatic rings. The first-order chi connectivity index (χ1) is 18.9. The minimum atomic E-state index is -3.21. The molecule has 1 aliphatic heterocycles. The molecule has 1 heterocycles. The van der Waals surface area contributed by atoms with E-state index >= 15 is 0 Å². The molecular formula is C29H54N3O6P. The minimum absolute atomic E-state index is 0.126. The first-order valence-corrected chi connectivity index (χ1v) is 17.5. The first kappa shape index (κ1) is 32.4. The van der Waals surface area contributed by atoms with E-state index in [9.17, 15) is 14.2 Å². The van der Waals surface area contributed by atoms with Crippen LogP contribution in [0.25, 0.3) is 0 Å². The molecule has 0 aromatic carbocycles. The zero-order valence-corrected chi connectivity index (χ0v) is 25.4. The number of amides is 3. The highest BCUT2D eigenvalue weighted by Gasteiger charge is 2.31. The molecule has 3 amide bonds. The van der Waals surface area contributed by atoms with Crippen molar-refractivity contribution in [2.45, 2.75) is 116 Å². The number of urea groups is 1. The minimum Gasteiger partial charge on any atom is -0.378 e. The van der Waals surface area contributed by atoms with Gasteiger partial charge in [-0.15, -0.1) is 0 Å². The highest BCUT2D eigenvalue weighted by molar-refractivity contribution is 7.53. The third-order valence-electron chi connectivity index (χ3n) is 8.60. The lowest BCUT2D eigenvalue weighted by Gasteiger charge is -2.32. The summed E-state index contributed by atoms with van der Waals surface area (Å²) in [5.41, 5.74) is 0. The van der Waals surface area contributed by atoms with Gasteiger partial charge in [-0.1, -0.05) is 64.2 Å². The zero-order valence-electron chi connectivity index (χ0n) is 24.5. The Bertz CT molecular complexity index is 756. The van der Waals surface area contributed by atoms with Crippen LogP contribution < -0.4 is 10.6 Å². The molecule has 0 aromatic heterocycles. The van der Waals surface area contributed by atoms with E-state index < -0.39 is 13.6 Å². The van der Waals surface area contributed by atoms with Gasteiger partial charge in [0.05, 0.1) is 32.6 Å². The van der Waals surface area contributed by atoms with Gasteiger partial charge < -0.3 is 29.3 Å². The van der Waals surface area contributed by atoms with Gasteiger partial charge in [-0.25, -0.2) is 4.79 Å². The predicted octanol–water partition coefficient (Wildman–Crippen LogP) is 5.87. The maximum atomic E-state index is 13.8.